The van der Waals surface area contributed by atoms with Crippen molar-refractivity contribution in [3.63, 3.8) is 0 Å². The molecule has 2 aliphatic heterocycles. The van der Waals surface area contributed by atoms with Gasteiger partial charge in [-0.2, -0.15) is 0 Å². The van der Waals surface area contributed by atoms with Gasteiger partial charge in [0, 0.05) is 13.0 Å². The van der Waals surface area contributed by atoms with E-state index in [9.17, 15) is 0 Å². The van der Waals surface area contributed by atoms with Crippen LogP contribution in [0, 0.1) is 0 Å². The van der Waals surface area contributed by atoms with Gasteiger partial charge in [0.25, 0.3) is 0 Å². The largest absolute Gasteiger partial charge is 0.494 e. The molecule has 0 aromatic heterocycles. The maximum absolute atomic E-state index is 5.79. The lowest BCUT2D eigenvalue weighted by atomic mass is 10.0. The van der Waals surface area contributed by atoms with Crippen molar-refractivity contribution in [3.8, 4) is 5.75 Å². The average molecular weight is 277 g/mol. The van der Waals surface area contributed by atoms with Crippen molar-refractivity contribution >= 4 is 0 Å². The Kier molecular flexibility index (Phi) is 4.55. The van der Waals surface area contributed by atoms with Crippen LogP contribution in [0.15, 0.2) is 30.3 Å². The van der Waals surface area contributed by atoms with Gasteiger partial charge in [-0.1, -0.05) is 18.2 Å². The van der Waals surface area contributed by atoms with Gasteiger partial charge in [-0.3, -0.25) is 4.90 Å². The van der Waals surface area contributed by atoms with E-state index in [0.29, 0.717) is 0 Å². The van der Waals surface area contributed by atoms with E-state index in [4.69, 9.17) is 14.2 Å². The van der Waals surface area contributed by atoms with Crippen LogP contribution in [0.3, 0.4) is 0 Å². The first-order chi connectivity index (χ1) is 9.86. The third-order valence-electron chi connectivity index (χ3n) is 3.94. The van der Waals surface area contributed by atoms with Crippen LogP contribution in [0.1, 0.15) is 19.3 Å². The highest BCUT2D eigenvalue weighted by Gasteiger charge is 2.40. The quantitative estimate of drug-likeness (QED) is 0.773. The molecule has 4 heteroatoms. The van der Waals surface area contributed by atoms with Crippen molar-refractivity contribution in [2.45, 2.75) is 25.0 Å². The zero-order valence-electron chi connectivity index (χ0n) is 11.9. The molecule has 0 aliphatic carbocycles. The van der Waals surface area contributed by atoms with Gasteiger partial charge in [0.05, 0.1) is 26.4 Å². The van der Waals surface area contributed by atoms with Crippen molar-refractivity contribution in [1.82, 2.24) is 4.90 Å². The predicted molar refractivity (Wildman–Crippen MR) is 76.9 cm³/mol. The van der Waals surface area contributed by atoms with Crippen LogP contribution in [-0.2, 0) is 9.47 Å². The molecule has 0 unspecified atom stereocenters. The molecule has 0 amide bonds. The molecule has 0 atom stereocenters. The zero-order chi connectivity index (χ0) is 13.7. The molecule has 0 saturated carbocycles. The lowest BCUT2D eigenvalue weighted by Crippen LogP contribution is -2.49. The molecule has 2 heterocycles. The minimum Gasteiger partial charge on any atom is -0.494 e. The van der Waals surface area contributed by atoms with Crippen molar-refractivity contribution in [1.29, 1.82) is 0 Å². The lowest BCUT2D eigenvalue weighted by Gasteiger charge is -2.38. The Morgan fingerprint density at radius 3 is 2.75 bits per heavy atom. The van der Waals surface area contributed by atoms with Crippen molar-refractivity contribution in [3.05, 3.63) is 30.3 Å². The summed E-state index contributed by atoms with van der Waals surface area (Å²) in [5.74, 6) is 0.642. The molecule has 1 spiro atoms. The SMILES string of the molecule is c1ccc(OCCCN2CCCC3(C2)OCCO3)cc1. The maximum atomic E-state index is 5.79. The number of piperidine rings is 1. The van der Waals surface area contributed by atoms with Gasteiger partial charge in [-0.05, 0) is 31.5 Å². The summed E-state index contributed by atoms with van der Waals surface area (Å²) in [7, 11) is 0. The Balaban J connectivity index is 1.38. The van der Waals surface area contributed by atoms with Crippen molar-refractivity contribution in [2.75, 3.05) is 39.5 Å². The Morgan fingerprint density at radius 2 is 1.95 bits per heavy atom. The van der Waals surface area contributed by atoms with E-state index in [0.717, 1.165) is 64.5 Å². The van der Waals surface area contributed by atoms with Crippen LogP contribution in [0.5, 0.6) is 5.75 Å². The molecular weight excluding hydrogens is 254 g/mol. The highest BCUT2D eigenvalue weighted by molar-refractivity contribution is 5.20. The summed E-state index contributed by atoms with van der Waals surface area (Å²) >= 11 is 0. The fraction of sp³-hybridized carbons (Fsp3) is 0.625. The molecule has 4 nitrogen and oxygen atoms in total. The highest BCUT2D eigenvalue weighted by Crippen LogP contribution is 2.29. The van der Waals surface area contributed by atoms with Gasteiger partial charge in [0.2, 0.25) is 0 Å². The van der Waals surface area contributed by atoms with E-state index in [-0.39, 0.29) is 5.79 Å². The second-order valence-corrected chi connectivity index (χ2v) is 5.50. The van der Waals surface area contributed by atoms with E-state index >= 15 is 0 Å². The van der Waals surface area contributed by atoms with Gasteiger partial charge in [-0.25, -0.2) is 0 Å². The molecule has 110 valence electrons. The zero-order valence-corrected chi connectivity index (χ0v) is 11.9. The fourth-order valence-corrected chi connectivity index (χ4v) is 2.99. The van der Waals surface area contributed by atoms with E-state index < -0.39 is 0 Å². The molecule has 1 aromatic rings. The first kappa shape index (κ1) is 13.9. The third-order valence-corrected chi connectivity index (χ3v) is 3.94. The normalized spacial score (nSPS) is 22.2. The predicted octanol–water partition coefficient (Wildman–Crippen LogP) is 2.29. The fourth-order valence-electron chi connectivity index (χ4n) is 2.99. The summed E-state index contributed by atoms with van der Waals surface area (Å²) in [5.41, 5.74) is 0. The van der Waals surface area contributed by atoms with Crippen molar-refractivity contribution < 1.29 is 14.2 Å². The number of ether oxygens (including phenoxy) is 3. The smallest absolute Gasteiger partial charge is 0.181 e. The van der Waals surface area contributed by atoms with E-state index in [1.165, 1.54) is 0 Å². The van der Waals surface area contributed by atoms with E-state index in [2.05, 4.69) is 4.90 Å². The lowest BCUT2D eigenvalue weighted by molar-refractivity contribution is -0.189. The van der Waals surface area contributed by atoms with Crippen LogP contribution in [0.2, 0.25) is 0 Å². The van der Waals surface area contributed by atoms with Gasteiger partial charge in [0.15, 0.2) is 5.79 Å². The monoisotopic (exact) mass is 277 g/mol. The number of para-hydroxylation sites is 1. The second kappa shape index (κ2) is 6.57. The topological polar surface area (TPSA) is 30.9 Å². The van der Waals surface area contributed by atoms with Crippen LogP contribution < -0.4 is 4.74 Å². The minimum atomic E-state index is -0.307. The number of nitrogens with zero attached hydrogens (tertiary/aromatic N) is 1. The van der Waals surface area contributed by atoms with E-state index in [1.807, 2.05) is 30.3 Å². The molecule has 2 fully saturated rings. The average Bonchev–Trinajstić information content (AvgIpc) is 2.93. The Morgan fingerprint density at radius 1 is 1.15 bits per heavy atom. The number of likely N-dealkylation sites (tertiary alicyclic amines) is 1. The van der Waals surface area contributed by atoms with Gasteiger partial charge in [0.1, 0.15) is 5.75 Å². The number of rotatable bonds is 5. The maximum Gasteiger partial charge on any atom is 0.181 e. The first-order valence-electron chi connectivity index (χ1n) is 7.54. The Hall–Kier alpha value is -1.10. The summed E-state index contributed by atoms with van der Waals surface area (Å²) in [6.45, 7) is 5.32. The van der Waals surface area contributed by atoms with Gasteiger partial charge in [-0.15, -0.1) is 0 Å². The first-order valence-corrected chi connectivity index (χ1v) is 7.54. The van der Waals surface area contributed by atoms with Crippen LogP contribution in [0.4, 0.5) is 0 Å². The summed E-state index contributed by atoms with van der Waals surface area (Å²) < 4.78 is 17.3. The minimum absolute atomic E-state index is 0.307. The summed E-state index contributed by atoms with van der Waals surface area (Å²) in [6.07, 6.45) is 3.22. The van der Waals surface area contributed by atoms with Gasteiger partial charge < -0.3 is 14.2 Å². The molecule has 0 N–H and O–H groups in total. The molecule has 0 radical (unpaired) electrons. The molecule has 1 aromatic carbocycles. The van der Waals surface area contributed by atoms with Crippen molar-refractivity contribution in [2.24, 2.45) is 0 Å². The number of hydrogen-bond donors (Lipinski definition) is 0. The molecule has 0 bridgehead atoms. The summed E-state index contributed by atoms with van der Waals surface area (Å²) in [4.78, 5) is 2.43. The number of hydrogen-bond acceptors (Lipinski definition) is 4. The Bertz CT molecular complexity index is 403. The molecule has 3 rings (SSSR count). The molecule has 2 saturated heterocycles. The molecule has 20 heavy (non-hydrogen) atoms. The van der Waals surface area contributed by atoms with Crippen LogP contribution in [0.25, 0.3) is 0 Å². The standard InChI is InChI=1S/C16H23NO3/c1-2-6-15(7-3-1)18-11-5-10-17-9-4-8-16(14-17)19-12-13-20-16/h1-3,6-7H,4-5,8-14H2. The van der Waals surface area contributed by atoms with E-state index in [1.54, 1.807) is 0 Å². The van der Waals surface area contributed by atoms with Crippen LogP contribution >= 0.6 is 0 Å². The second-order valence-electron chi connectivity index (χ2n) is 5.50. The highest BCUT2D eigenvalue weighted by atomic mass is 16.7. The number of benzene rings is 1. The summed E-state index contributed by atoms with van der Waals surface area (Å²) in [5, 5.41) is 0. The van der Waals surface area contributed by atoms with Crippen LogP contribution in [-0.4, -0.2) is 50.1 Å². The summed E-state index contributed by atoms with van der Waals surface area (Å²) in [6, 6.07) is 9.99. The third kappa shape index (κ3) is 3.51. The Labute approximate surface area is 120 Å². The molecular formula is C16H23NO3. The van der Waals surface area contributed by atoms with Gasteiger partial charge >= 0.3 is 0 Å². The molecule has 2 aliphatic rings.